The molecule has 0 saturated heterocycles. The molecule has 3 rings (SSSR count). The monoisotopic (exact) mass is 594 g/mol. The van der Waals surface area contributed by atoms with Gasteiger partial charge in [-0.3, -0.25) is 9.79 Å². The summed E-state index contributed by atoms with van der Waals surface area (Å²) in [5, 5.41) is 2.90. The summed E-state index contributed by atoms with van der Waals surface area (Å²) in [5.74, 6) is 1.25. The van der Waals surface area contributed by atoms with E-state index in [1.54, 1.807) is 18.8 Å². The zero-order valence-corrected chi connectivity index (χ0v) is 26.3. The highest BCUT2D eigenvalue weighted by Gasteiger charge is 2.25. The minimum Gasteiger partial charge on any atom is -0.467 e. The molecule has 2 aromatic carbocycles. The average molecular weight is 595 g/mol. The highest BCUT2D eigenvalue weighted by molar-refractivity contribution is 7.98. The SMILES string of the molecule is CN=C(N=CN)C(CCC1CCCCC1)OCc1ccc(C(=O)NC(CCSC)C(=O)OC)c(-c2ccccc2C)c1. The van der Waals surface area contributed by atoms with E-state index in [1.165, 1.54) is 45.6 Å². The molecule has 0 aromatic heterocycles. The van der Waals surface area contributed by atoms with Crippen LogP contribution in [0.5, 0.6) is 0 Å². The van der Waals surface area contributed by atoms with Gasteiger partial charge in [-0.1, -0.05) is 62.4 Å². The number of carbonyl (C=O) groups is 2. The summed E-state index contributed by atoms with van der Waals surface area (Å²) in [4.78, 5) is 34.6. The van der Waals surface area contributed by atoms with Gasteiger partial charge in [-0.15, -0.1) is 0 Å². The Morgan fingerprint density at radius 2 is 1.88 bits per heavy atom. The van der Waals surface area contributed by atoms with Crippen LogP contribution in [-0.4, -0.2) is 62.4 Å². The van der Waals surface area contributed by atoms with Crippen molar-refractivity contribution in [3.05, 3.63) is 59.2 Å². The van der Waals surface area contributed by atoms with Crippen molar-refractivity contribution in [2.45, 2.75) is 77.0 Å². The van der Waals surface area contributed by atoms with E-state index in [4.69, 9.17) is 15.2 Å². The van der Waals surface area contributed by atoms with Crippen LogP contribution in [0.3, 0.4) is 0 Å². The van der Waals surface area contributed by atoms with Crippen molar-refractivity contribution in [2.24, 2.45) is 21.6 Å². The molecule has 1 amide bonds. The second-order valence-electron chi connectivity index (χ2n) is 10.8. The van der Waals surface area contributed by atoms with E-state index < -0.39 is 12.0 Å². The maximum atomic E-state index is 13.6. The van der Waals surface area contributed by atoms with E-state index in [1.807, 2.05) is 55.6 Å². The van der Waals surface area contributed by atoms with Crippen LogP contribution in [0.4, 0.5) is 0 Å². The molecule has 1 aliphatic carbocycles. The number of thioether (sulfide) groups is 1. The van der Waals surface area contributed by atoms with Crippen LogP contribution in [0.2, 0.25) is 0 Å². The van der Waals surface area contributed by atoms with Crippen molar-refractivity contribution in [2.75, 3.05) is 26.2 Å². The van der Waals surface area contributed by atoms with E-state index >= 15 is 0 Å². The van der Waals surface area contributed by atoms with Gasteiger partial charge in [-0.2, -0.15) is 11.8 Å². The molecule has 3 N–H and O–H groups in total. The molecule has 2 unspecified atom stereocenters. The van der Waals surface area contributed by atoms with E-state index in [0.29, 0.717) is 30.3 Å². The maximum Gasteiger partial charge on any atom is 0.328 e. The molecule has 0 radical (unpaired) electrons. The fraction of sp³-hybridized carbons (Fsp3) is 0.515. The predicted octanol–water partition coefficient (Wildman–Crippen LogP) is 5.95. The lowest BCUT2D eigenvalue weighted by Gasteiger charge is -2.24. The first kappa shape index (κ1) is 33.3. The van der Waals surface area contributed by atoms with Crippen molar-refractivity contribution in [1.29, 1.82) is 0 Å². The van der Waals surface area contributed by atoms with Crippen molar-refractivity contribution in [3.63, 3.8) is 0 Å². The third kappa shape index (κ3) is 9.70. The van der Waals surface area contributed by atoms with Crippen LogP contribution in [0.1, 0.15) is 72.9 Å². The number of nitrogens with one attached hydrogen (secondary N) is 1. The molecule has 9 heteroatoms. The summed E-state index contributed by atoms with van der Waals surface area (Å²) in [5.41, 5.74) is 9.80. The lowest BCUT2D eigenvalue weighted by Crippen LogP contribution is -2.42. The van der Waals surface area contributed by atoms with Gasteiger partial charge in [0.15, 0.2) is 5.84 Å². The fourth-order valence-electron chi connectivity index (χ4n) is 5.55. The van der Waals surface area contributed by atoms with E-state index in [2.05, 4.69) is 15.3 Å². The molecule has 1 saturated carbocycles. The van der Waals surface area contributed by atoms with Gasteiger partial charge in [0.25, 0.3) is 5.91 Å². The number of aliphatic imine (C=N–C) groups is 2. The number of rotatable bonds is 14. The molecule has 0 spiro atoms. The Balaban J connectivity index is 1.87. The Hall–Kier alpha value is -3.17. The minimum atomic E-state index is -0.720. The van der Waals surface area contributed by atoms with Crippen molar-refractivity contribution in [1.82, 2.24) is 5.32 Å². The second-order valence-corrected chi connectivity index (χ2v) is 11.8. The Morgan fingerprint density at radius 3 is 2.55 bits per heavy atom. The molecule has 0 bridgehead atoms. The number of benzene rings is 2. The largest absolute Gasteiger partial charge is 0.467 e. The number of nitrogens with two attached hydrogens (primary N) is 1. The molecule has 2 atom stereocenters. The number of ether oxygens (including phenoxy) is 2. The number of carbonyl (C=O) groups excluding carboxylic acids is 2. The van der Waals surface area contributed by atoms with E-state index in [9.17, 15) is 9.59 Å². The molecular weight excluding hydrogens is 548 g/mol. The Labute approximate surface area is 255 Å². The van der Waals surface area contributed by atoms with Crippen LogP contribution in [0.15, 0.2) is 52.4 Å². The summed E-state index contributed by atoms with van der Waals surface area (Å²) in [6.07, 6.45) is 11.8. The van der Waals surface area contributed by atoms with Crippen LogP contribution in [-0.2, 0) is 20.9 Å². The first-order valence-corrected chi connectivity index (χ1v) is 16.2. The number of hydrogen-bond acceptors (Lipinski definition) is 6. The quantitative estimate of drug-likeness (QED) is 0.159. The standard InChI is InChI=1S/C33H46N4O4S/c1-23-10-8-9-13-26(23)28-20-25(14-16-27(28)32(38)37-29(18-19-42-4)33(39)40-3)21-41-30(31(35-2)36-22-34)17-15-24-11-6-5-7-12-24/h8-10,13-14,16,20,22,24,29-30H,5-7,11-12,15,17-19,21H2,1-4H3,(H,37,38)(H2,34,35,36). The molecule has 2 aromatic rings. The minimum absolute atomic E-state index is 0.279. The number of esters is 1. The first-order chi connectivity index (χ1) is 20.4. The van der Waals surface area contributed by atoms with Gasteiger partial charge in [0.05, 0.1) is 20.1 Å². The van der Waals surface area contributed by atoms with Gasteiger partial charge in [-0.05, 0) is 78.5 Å². The topological polar surface area (TPSA) is 115 Å². The zero-order chi connectivity index (χ0) is 30.3. The Morgan fingerprint density at radius 1 is 1.12 bits per heavy atom. The Kier molecular flexibility index (Phi) is 14.1. The third-order valence-corrected chi connectivity index (χ3v) is 8.55. The smallest absolute Gasteiger partial charge is 0.328 e. The fourth-order valence-corrected chi connectivity index (χ4v) is 6.02. The van der Waals surface area contributed by atoms with Gasteiger partial charge in [0, 0.05) is 12.6 Å². The van der Waals surface area contributed by atoms with Crippen LogP contribution < -0.4 is 11.1 Å². The lowest BCUT2D eigenvalue weighted by atomic mass is 9.85. The molecule has 1 aliphatic rings. The van der Waals surface area contributed by atoms with Crippen LogP contribution >= 0.6 is 11.8 Å². The van der Waals surface area contributed by atoms with Crippen molar-refractivity contribution in [3.8, 4) is 11.1 Å². The molecule has 1 fully saturated rings. The normalized spacial score (nSPS) is 15.9. The Bertz CT molecular complexity index is 1230. The number of methoxy groups -OCH3 is 1. The number of amides is 1. The number of nitrogens with zero attached hydrogens (tertiary/aromatic N) is 2. The molecule has 0 heterocycles. The van der Waals surface area contributed by atoms with Gasteiger partial charge >= 0.3 is 5.97 Å². The highest BCUT2D eigenvalue weighted by Crippen LogP contribution is 2.30. The second kappa shape index (κ2) is 17.7. The zero-order valence-electron chi connectivity index (χ0n) is 25.4. The average Bonchev–Trinajstić information content (AvgIpc) is 3.02. The number of amidine groups is 1. The predicted molar refractivity (Wildman–Crippen MR) is 173 cm³/mol. The molecule has 228 valence electrons. The maximum absolute atomic E-state index is 13.6. The molecule has 42 heavy (non-hydrogen) atoms. The van der Waals surface area contributed by atoms with Crippen LogP contribution in [0.25, 0.3) is 11.1 Å². The summed E-state index contributed by atoms with van der Waals surface area (Å²) in [7, 11) is 3.05. The summed E-state index contributed by atoms with van der Waals surface area (Å²) < 4.78 is 11.4. The first-order valence-electron chi connectivity index (χ1n) is 14.8. The van der Waals surface area contributed by atoms with Gasteiger partial charge < -0.3 is 20.5 Å². The number of hydrogen-bond donors (Lipinski definition) is 2. The lowest BCUT2D eigenvalue weighted by molar-refractivity contribution is -0.142. The van der Waals surface area contributed by atoms with Crippen LogP contribution in [0, 0.1) is 12.8 Å². The van der Waals surface area contributed by atoms with Gasteiger partial charge in [0.2, 0.25) is 0 Å². The third-order valence-electron chi connectivity index (χ3n) is 7.90. The molecular formula is C33H46N4O4S. The number of aryl methyl sites for hydroxylation is 1. The molecule has 8 nitrogen and oxygen atoms in total. The van der Waals surface area contributed by atoms with Crippen molar-refractivity contribution < 1.29 is 19.1 Å². The summed E-state index contributed by atoms with van der Waals surface area (Å²) in [6, 6.07) is 12.9. The van der Waals surface area contributed by atoms with Crippen molar-refractivity contribution >= 4 is 35.8 Å². The van der Waals surface area contributed by atoms with Gasteiger partial charge in [0.1, 0.15) is 12.1 Å². The van der Waals surface area contributed by atoms with E-state index in [0.717, 1.165) is 40.8 Å². The van der Waals surface area contributed by atoms with Gasteiger partial charge in [-0.25, -0.2) is 9.79 Å². The highest BCUT2D eigenvalue weighted by atomic mass is 32.2. The summed E-state index contributed by atoms with van der Waals surface area (Å²) >= 11 is 1.61. The molecule has 0 aliphatic heterocycles. The van der Waals surface area contributed by atoms with E-state index in [-0.39, 0.29) is 12.0 Å². The summed E-state index contributed by atoms with van der Waals surface area (Å²) in [6.45, 7) is 2.35.